The largest absolute Gasteiger partial charge is 0.634 e. The van der Waals surface area contributed by atoms with E-state index in [0.717, 1.165) is 0 Å². The molecule has 0 aromatic carbocycles. The van der Waals surface area contributed by atoms with Crippen molar-refractivity contribution in [2.75, 3.05) is 13.1 Å². The van der Waals surface area contributed by atoms with Gasteiger partial charge < -0.3 is 15.4 Å². The summed E-state index contributed by atoms with van der Waals surface area (Å²) in [6, 6.07) is 0. The molecule has 0 saturated carbocycles. The number of rotatable bonds is 1. The highest BCUT2D eigenvalue weighted by Crippen LogP contribution is 2.02. The predicted molar refractivity (Wildman–Crippen MR) is 29.8 cm³/mol. The molecule has 0 aromatic heterocycles. The van der Waals surface area contributed by atoms with Gasteiger partial charge in [0.2, 0.25) is 0 Å². The van der Waals surface area contributed by atoms with Crippen LogP contribution in [0.5, 0.6) is 0 Å². The normalized spacial score (nSPS) is 34.8. The lowest BCUT2D eigenvalue weighted by Crippen LogP contribution is -3.05. The smallest absolute Gasteiger partial charge is 0.312 e. The van der Waals surface area contributed by atoms with E-state index < -0.39 is 11.9 Å². The van der Waals surface area contributed by atoms with Gasteiger partial charge in [0.1, 0.15) is 5.92 Å². The molecular weight excluding hydrogens is 122 g/mol. The zero-order chi connectivity index (χ0) is 6.85. The van der Waals surface area contributed by atoms with Crippen molar-refractivity contribution in [2.24, 2.45) is 5.92 Å². The van der Waals surface area contributed by atoms with Crippen LogP contribution in [-0.2, 0) is 4.79 Å². The van der Waals surface area contributed by atoms with Crippen LogP contribution < -0.4 is 5.06 Å². The first-order valence-corrected chi connectivity index (χ1v) is 2.94. The fourth-order valence-electron chi connectivity index (χ4n) is 1.02. The Labute approximate surface area is 52.7 Å². The minimum absolute atomic E-state index is 0.0856. The minimum Gasteiger partial charge on any atom is -0.634 e. The van der Waals surface area contributed by atoms with E-state index in [9.17, 15) is 10.0 Å². The molecule has 0 aromatic rings. The van der Waals surface area contributed by atoms with Crippen LogP contribution in [0.2, 0.25) is 0 Å². The van der Waals surface area contributed by atoms with E-state index in [0.29, 0.717) is 13.0 Å². The maximum Gasteiger partial charge on any atom is 0.312 e. The fraction of sp³-hybridized carbons (Fsp3) is 0.800. The lowest BCUT2D eigenvalue weighted by molar-refractivity contribution is -0.835. The van der Waals surface area contributed by atoms with E-state index >= 15 is 0 Å². The van der Waals surface area contributed by atoms with E-state index in [-0.39, 0.29) is 11.6 Å². The first-order valence-electron chi connectivity index (χ1n) is 2.94. The average Bonchev–Trinajstić information content (AvgIpc) is 2.14. The molecule has 4 nitrogen and oxygen atoms in total. The molecule has 1 fully saturated rings. The van der Waals surface area contributed by atoms with Gasteiger partial charge in [-0.15, -0.1) is 0 Å². The molecule has 1 aliphatic heterocycles. The van der Waals surface area contributed by atoms with E-state index in [2.05, 4.69) is 0 Å². The average molecular weight is 131 g/mol. The van der Waals surface area contributed by atoms with Crippen molar-refractivity contribution >= 4 is 5.97 Å². The second kappa shape index (κ2) is 2.33. The molecule has 1 heterocycles. The number of hydrogen-bond acceptors (Lipinski definition) is 2. The number of carboxylic acid groups (broad SMARTS) is 1. The molecule has 0 amide bonds. The van der Waals surface area contributed by atoms with Crippen molar-refractivity contribution in [2.45, 2.75) is 6.42 Å². The van der Waals surface area contributed by atoms with Gasteiger partial charge in [0.15, 0.2) is 0 Å². The van der Waals surface area contributed by atoms with E-state index in [4.69, 9.17) is 5.11 Å². The number of hydroxylamine groups is 2. The molecule has 4 heteroatoms. The van der Waals surface area contributed by atoms with Crippen molar-refractivity contribution < 1.29 is 15.0 Å². The monoisotopic (exact) mass is 131 g/mol. The lowest BCUT2D eigenvalue weighted by atomic mass is 10.1. The second-order valence-electron chi connectivity index (χ2n) is 2.32. The van der Waals surface area contributed by atoms with Gasteiger partial charge in [-0.05, 0) is 0 Å². The van der Waals surface area contributed by atoms with Gasteiger partial charge in [-0.3, -0.25) is 4.79 Å². The number of quaternary nitrogens is 1. The van der Waals surface area contributed by atoms with Crippen LogP contribution in [0, 0.1) is 11.1 Å². The molecule has 0 spiro atoms. The van der Waals surface area contributed by atoms with Gasteiger partial charge in [-0.25, -0.2) is 0 Å². The van der Waals surface area contributed by atoms with Gasteiger partial charge in [-0.2, -0.15) is 0 Å². The maximum absolute atomic E-state index is 10.5. The summed E-state index contributed by atoms with van der Waals surface area (Å²) in [6.45, 7) is 0.701. The highest BCUT2D eigenvalue weighted by atomic mass is 16.5. The van der Waals surface area contributed by atoms with Gasteiger partial charge in [0, 0.05) is 6.42 Å². The molecule has 9 heavy (non-hydrogen) atoms. The molecular formula is C5H9NO3. The number of nitrogens with one attached hydrogen (secondary N) is 1. The minimum atomic E-state index is -0.833. The molecule has 0 aliphatic carbocycles. The molecule has 0 radical (unpaired) electrons. The Bertz CT molecular complexity index is 125. The number of carbonyl (C=O) groups is 1. The molecule has 1 aliphatic rings. The first-order chi connectivity index (χ1) is 4.20. The summed E-state index contributed by atoms with van der Waals surface area (Å²) >= 11 is 0. The molecule has 2 unspecified atom stereocenters. The Morgan fingerprint density at radius 1 is 1.78 bits per heavy atom. The Morgan fingerprint density at radius 2 is 2.44 bits per heavy atom. The van der Waals surface area contributed by atoms with Crippen molar-refractivity contribution in [1.82, 2.24) is 0 Å². The molecule has 2 atom stereocenters. The second-order valence-corrected chi connectivity index (χ2v) is 2.32. The first kappa shape index (κ1) is 6.51. The summed E-state index contributed by atoms with van der Waals surface area (Å²) in [5, 5.41) is 19.0. The Kier molecular flexibility index (Phi) is 1.68. The van der Waals surface area contributed by atoms with Crippen LogP contribution in [0.15, 0.2) is 0 Å². The maximum atomic E-state index is 10.5. The van der Waals surface area contributed by atoms with Gasteiger partial charge >= 0.3 is 5.97 Å². The predicted octanol–water partition coefficient (Wildman–Crippen LogP) is -1.53. The topological polar surface area (TPSA) is 64.8 Å². The molecule has 52 valence electrons. The number of carboxylic acids is 1. The van der Waals surface area contributed by atoms with Crippen molar-refractivity contribution in [1.29, 1.82) is 0 Å². The van der Waals surface area contributed by atoms with Crippen molar-refractivity contribution in [3.05, 3.63) is 5.21 Å². The lowest BCUT2D eigenvalue weighted by Gasteiger charge is -2.13. The van der Waals surface area contributed by atoms with Crippen molar-refractivity contribution in [3.63, 3.8) is 0 Å². The van der Waals surface area contributed by atoms with Crippen LogP contribution in [0.4, 0.5) is 0 Å². The summed E-state index contributed by atoms with van der Waals surface area (Å²) in [6.07, 6.45) is 0.536. The van der Waals surface area contributed by atoms with Gasteiger partial charge in [-0.1, -0.05) is 0 Å². The Balaban J connectivity index is 2.39. The van der Waals surface area contributed by atoms with E-state index in [1.807, 2.05) is 0 Å². The summed E-state index contributed by atoms with van der Waals surface area (Å²) < 4.78 is 0. The van der Waals surface area contributed by atoms with Crippen LogP contribution >= 0.6 is 0 Å². The zero-order valence-electron chi connectivity index (χ0n) is 4.96. The van der Waals surface area contributed by atoms with Gasteiger partial charge in [0.25, 0.3) is 0 Å². The third-order valence-corrected chi connectivity index (χ3v) is 1.59. The molecule has 1 saturated heterocycles. The summed E-state index contributed by atoms with van der Waals surface area (Å²) in [7, 11) is 0. The molecule has 0 bridgehead atoms. The SMILES string of the molecule is O=C(O)C1CC[NH+]([O-])C1. The highest BCUT2D eigenvalue weighted by molar-refractivity contribution is 5.70. The number of hydrogen-bond donors (Lipinski definition) is 2. The summed E-state index contributed by atoms with van der Waals surface area (Å²) in [4.78, 5) is 10.2. The zero-order valence-corrected chi connectivity index (χ0v) is 4.96. The molecule has 2 N–H and O–H groups in total. The highest BCUT2D eigenvalue weighted by Gasteiger charge is 2.27. The third kappa shape index (κ3) is 1.40. The van der Waals surface area contributed by atoms with E-state index in [1.54, 1.807) is 0 Å². The van der Waals surface area contributed by atoms with Crippen LogP contribution in [-0.4, -0.2) is 24.2 Å². The summed E-state index contributed by atoms with van der Waals surface area (Å²) in [5.41, 5.74) is 0. The standard InChI is InChI=1S/C5H9NO3/c7-5(8)4-1-2-6(9)3-4/h4,6H,1-3H2,(H,7,8). The Morgan fingerprint density at radius 3 is 2.67 bits per heavy atom. The van der Waals surface area contributed by atoms with Crippen molar-refractivity contribution in [3.8, 4) is 0 Å². The van der Waals surface area contributed by atoms with Crippen LogP contribution in [0.3, 0.4) is 0 Å². The van der Waals surface area contributed by atoms with Crippen LogP contribution in [0.1, 0.15) is 6.42 Å². The van der Waals surface area contributed by atoms with E-state index in [1.165, 1.54) is 0 Å². The van der Waals surface area contributed by atoms with Gasteiger partial charge in [0.05, 0.1) is 13.1 Å². The molecule has 1 rings (SSSR count). The summed E-state index contributed by atoms with van der Waals surface area (Å²) in [5.74, 6) is -1.22. The third-order valence-electron chi connectivity index (χ3n) is 1.59. The quantitative estimate of drug-likeness (QED) is 0.424. The fourth-order valence-corrected chi connectivity index (χ4v) is 1.02. The van der Waals surface area contributed by atoms with Crippen LogP contribution in [0.25, 0.3) is 0 Å². The Hall–Kier alpha value is -0.610. The number of aliphatic carboxylic acids is 1.